The van der Waals surface area contributed by atoms with Gasteiger partial charge in [-0.2, -0.15) is 0 Å². The lowest BCUT2D eigenvalue weighted by Crippen LogP contribution is -2.20. The fourth-order valence-electron chi connectivity index (χ4n) is 2.13. The van der Waals surface area contributed by atoms with Gasteiger partial charge in [-0.25, -0.2) is 0 Å². The number of benzene rings is 2. The molecule has 1 amide bonds. The quantitative estimate of drug-likeness (QED) is 0.784. The maximum absolute atomic E-state index is 12.0. The lowest BCUT2D eigenvalue weighted by molar-refractivity contribution is -0.116. The van der Waals surface area contributed by atoms with E-state index in [9.17, 15) is 4.79 Å². The van der Waals surface area contributed by atoms with Crippen molar-refractivity contribution < 1.29 is 4.79 Å². The van der Waals surface area contributed by atoms with E-state index in [2.05, 4.69) is 15.9 Å². The predicted molar refractivity (Wildman–Crippen MR) is 71.4 cm³/mol. The molecule has 0 unspecified atom stereocenters. The fraction of sp³-hybridized carbons (Fsp3) is 0.0714. The van der Waals surface area contributed by atoms with E-state index in [1.807, 2.05) is 48.5 Å². The molecule has 3 heteroatoms. The van der Waals surface area contributed by atoms with Gasteiger partial charge in [-0.1, -0.05) is 34.1 Å². The first-order chi connectivity index (χ1) is 8.25. The van der Waals surface area contributed by atoms with E-state index in [0.29, 0.717) is 6.42 Å². The van der Waals surface area contributed by atoms with Crippen LogP contribution in [0, 0.1) is 0 Å². The Morgan fingerprint density at radius 3 is 2.47 bits per heavy atom. The number of amides is 1. The zero-order valence-corrected chi connectivity index (χ0v) is 10.6. The number of fused-ring (bicyclic) bond motifs is 1. The lowest BCUT2D eigenvalue weighted by atomic mass is 10.2. The highest BCUT2D eigenvalue weighted by molar-refractivity contribution is 9.10. The molecule has 2 aromatic carbocycles. The third kappa shape index (κ3) is 1.76. The molecule has 3 rings (SSSR count). The van der Waals surface area contributed by atoms with Crippen molar-refractivity contribution in [2.24, 2.45) is 0 Å². The van der Waals surface area contributed by atoms with Crippen LogP contribution < -0.4 is 4.90 Å². The van der Waals surface area contributed by atoms with Crippen LogP contribution in [0.3, 0.4) is 0 Å². The van der Waals surface area contributed by atoms with Gasteiger partial charge in [-0.15, -0.1) is 0 Å². The Balaban J connectivity index is 2.09. The van der Waals surface area contributed by atoms with Gasteiger partial charge in [0, 0.05) is 10.2 Å². The summed E-state index contributed by atoms with van der Waals surface area (Å²) >= 11 is 3.40. The van der Waals surface area contributed by atoms with E-state index >= 15 is 0 Å². The molecule has 2 aromatic rings. The number of rotatable bonds is 1. The molecule has 0 aromatic heterocycles. The zero-order chi connectivity index (χ0) is 11.8. The fourth-order valence-corrected chi connectivity index (χ4v) is 2.39. The maximum Gasteiger partial charge on any atom is 0.236 e. The van der Waals surface area contributed by atoms with E-state index in [0.717, 1.165) is 21.4 Å². The van der Waals surface area contributed by atoms with Crippen molar-refractivity contribution in [3.63, 3.8) is 0 Å². The molecule has 0 saturated heterocycles. The summed E-state index contributed by atoms with van der Waals surface area (Å²) < 4.78 is 1.01. The van der Waals surface area contributed by atoms with Crippen LogP contribution in [0.1, 0.15) is 5.56 Å². The van der Waals surface area contributed by atoms with Crippen LogP contribution in [0.15, 0.2) is 53.0 Å². The first-order valence-corrected chi connectivity index (χ1v) is 6.21. The SMILES string of the molecule is O=C1Cc2ccccc2N1c1ccc(Br)cc1. The minimum absolute atomic E-state index is 0.133. The van der Waals surface area contributed by atoms with Crippen LogP contribution in [0.4, 0.5) is 11.4 Å². The number of hydrogen-bond donors (Lipinski definition) is 0. The molecule has 1 aliphatic rings. The van der Waals surface area contributed by atoms with Gasteiger partial charge in [-0.3, -0.25) is 9.69 Å². The molecule has 1 aliphatic heterocycles. The Hall–Kier alpha value is -1.61. The monoisotopic (exact) mass is 287 g/mol. The summed E-state index contributed by atoms with van der Waals surface area (Å²) in [6.45, 7) is 0. The molecule has 0 spiro atoms. The van der Waals surface area contributed by atoms with Crippen molar-refractivity contribution in [3.8, 4) is 0 Å². The minimum Gasteiger partial charge on any atom is -0.280 e. The molecule has 2 nitrogen and oxygen atoms in total. The van der Waals surface area contributed by atoms with E-state index in [-0.39, 0.29) is 5.91 Å². The van der Waals surface area contributed by atoms with Crippen LogP contribution in [0.2, 0.25) is 0 Å². The van der Waals surface area contributed by atoms with Crippen molar-refractivity contribution in [2.75, 3.05) is 4.90 Å². The van der Waals surface area contributed by atoms with Crippen molar-refractivity contribution in [1.29, 1.82) is 0 Å². The van der Waals surface area contributed by atoms with Gasteiger partial charge in [0.15, 0.2) is 0 Å². The van der Waals surface area contributed by atoms with Crippen molar-refractivity contribution in [1.82, 2.24) is 0 Å². The Bertz CT molecular complexity index is 577. The third-order valence-corrected chi connectivity index (χ3v) is 3.44. The number of halogens is 1. The van der Waals surface area contributed by atoms with Crippen LogP contribution in [-0.2, 0) is 11.2 Å². The average molecular weight is 288 g/mol. The molecule has 0 bridgehead atoms. The summed E-state index contributed by atoms with van der Waals surface area (Å²) in [5.41, 5.74) is 3.02. The Kier molecular flexibility index (Phi) is 2.48. The number of anilines is 2. The number of para-hydroxylation sites is 1. The molecule has 0 N–H and O–H groups in total. The molecule has 1 heterocycles. The standard InChI is InChI=1S/C14H10BrNO/c15-11-5-7-12(8-6-11)16-13-4-2-1-3-10(13)9-14(16)17/h1-8H,9H2. The molecule has 17 heavy (non-hydrogen) atoms. The van der Waals surface area contributed by atoms with E-state index in [4.69, 9.17) is 0 Å². The Morgan fingerprint density at radius 2 is 1.71 bits per heavy atom. The van der Waals surface area contributed by atoms with Gasteiger partial charge >= 0.3 is 0 Å². The van der Waals surface area contributed by atoms with Gasteiger partial charge in [0.05, 0.1) is 12.1 Å². The van der Waals surface area contributed by atoms with E-state index < -0.39 is 0 Å². The number of carbonyl (C=O) groups excluding carboxylic acids is 1. The van der Waals surface area contributed by atoms with Crippen molar-refractivity contribution in [2.45, 2.75) is 6.42 Å². The van der Waals surface area contributed by atoms with Crippen LogP contribution in [-0.4, -0.2) is 5.91 Å². The predicted octanol–water partition coefficient (Wildman–Crippen LogP) is 3.67. The molecule has 84 valence electrons. The second-order valence-electron chi connectivity index (χ2n) is 4.01. The van der Waals surface area contributed by atoms with Crippen LogP contribution >= 0.6 is 15.9 Å². The average Bonchev–Trinajstić information content (AvgIpc) is 2.66. The minimum atomic E-state index is 0.133. The highest BCUT2D eigenvalue weighted by atomic mass is 79.9. The van der Waals surface area contributed by atoms with Crippen molar-refractivity contribution >= 4 is 33.2 Å². The van der Waals surface area contributed by atoms with Gasteiger partial charge < -0.3 is 0 Å². The first-order valence-electron chi connectivity index (χ1n) is 5.42. The largest absolute Gasteiger partial charge is 0.280 e. The highest BCUT2D eigenvalue weighted by Gasteiger charge is 2.27. The van der Waals surface area contributed by atoms with Crippen LogP contribution in [0.25, 0.3) is 0 Å². The number of carbonyl (C=O) groups is 1. The van der Waals surface area contributed by atoms with Crippen LogP contribution in [0.5, 0.6) is 0 Å². The van der Waals surface area contributed by atoms with Gasteiger partial charge in [0.2, 0.25) is 5.91 Å². The number of hydrogen-bond acceptors (Lipinski definition) is 1. The smallest absolute Gasteiger partial charge is 0.236 e. The Morgan fingerprint density at radius 1 is 1.00 bits per heavy atom. The lowest BCUT2D eigenvalue weighted by Gasteiger charge is -2.17. The second kappa shape index (κ2) is 4.00. The third-order valence-electron chi connectivity index (χ3n) is 2.91. The topological polar surface area (TPSA) is 20.3 Å². The normalized spacial score (nSPS) is 13.9. The summed E-state index contributed by atoms with van der Waals surface area (Å²) in [6.07, 6.45) is 0.492. The number of nitrogens with zero attached hydrogens (tertiary/aromatic N) is 1. The summed E-state index contributed by atoms with van der Waals surface area (Å²) in [7, 11) is 0. The molecule has 0 saturated carbocycles. The van der Waals surface area contributed by atoms with E-state index in [1.54, 1.807) is 4.90 Å². The van der Waals surface area contributed by atoms with E-state index in [1.165, 1.54) is 0 Å². The van der Waals surface area contributed by atoms with Gasteiger partial charge in [0.1, 0.15) is 0 Å². The molecular weight excluding hydrogens is 278 g/mol. The van der Waals surface area contributed by atoms with Crippen molar-refractivity contribution in [3.05, 3.63) is 58.6 Å². The Labute approximate surface area is 108 Å². The molecule has 0 radical (unpaired) electrons. The van der Waals surface area contributed by atoms with Gasteiger partial charge in [0.25, 0.3) is 0 Å². The highest BCUT2D eigenvalue weighted by Crippen LogP contribution is 2.35. The summed E-state index contributed by atoms with van der Waals surface area (Å²) in [6, 6.07) is 15.7. The molecular formula is C14H10BrNO. The zero-order valence-electron chi connectivity index (χ0n) is 9.06. The maximum atomic E-state index is 12.0. The first kappa shape index (κ1) is 10.5. The molecule has 0 aliphatic carbocycles. The molecule has 0 fully saturated rings. The van der Waals surface area contributed by atoms with Gasteiger partial charge in [-0.05, 0) is 35.9 Å². The second-order valence-corrected chi connectivity index (χ2v) is 4.93. The summed E-state index contributed by atoms with van der Waals surface area (Å²) in [5, 5.41) is 0. The molecule has 0 atom stereocenters. The summed E-state index contributed by atoms with van der Waals surface area (Å²) in [5.74, 6) is 0.133. The summed E-state index contributed by atoms with van der Waals surface area (Å²) in [4.78, 5) is 13.8.